The highest BCUT2D eigenvalue weighted by molar-refractivity contribution is 5.94. The molecule has 2 aromatic carbocycles. The van der Waals surface area contributed by atoms with Crippen LogP contribution in [0, 0.1) is 0 Å². The first kappa shape index (κ1) is 20.1. The third kappa shape index (κ3) is 4.08. The zero-order chi connectivity index (χ0) is 21.3. The Labute approximate surface area is 175 Å². The fourth-order valence-corrected chi connectivity index (χ4v) is 3.64. The summed E-state index contributed by atoms with van der Waals surface area (Å²) < 4.78 is 12.7. The van der Waals surface area contributed by atoms with Crippen LogP contribution >= 0.6 is 0 Å². The van der Waals surface area contributed by atoms with Gasteiger partial charge in [0.05, 0.1) is 16.5 Å². The largest absolute Gasteiger partial charge is 0.490 e. The van der Waals surface area contributed by atoms with Gasteiger partial charge >= 0.3 is 5.97 Å². The Kier molecular flexibility index (Phi) is 5.33. The van der Waals surface area contributed by atoms with Crippen LogP contribution in [0.2, 0.25) is 0 Å². The van der Waals surface area contributed by atoms with E-state index in [4.69, 9.17) is 9.47 Å². The normalized spacial score (nSPS) is 13.3. The number of carbonyl (C=O) groups is 1. The van der Waals surface area contributed by atoms with E-state index in [1.54, 1.807) is 22.8 Å². The topological polar surface area (TPSA) is 70.4 Å². The molecule has 0 bridgehead atoms. The Morgan fingerprint density at radius 2 is 1.87 bits per heavy atom. The van der Waals surface area contributed by atoms with Crippen LogP contribution in [0.25, 0.3) is 10.9 Å². The van der Waals surface area contributed by atoms with Gasteiger partial charge in [0.2, 0.25) is 0 Å². The average Bonchev–Trinajstić information content (AvgIpc) is 3.19. The Balaban J connectivity index is 1.36. The lowest BCUT2D eigenvalue weighted by Crippen LogP contribution is -2.21. The van der Waals surface area contributed by atoms with Crippen molar-refractivity contribution in [3.63, 3.8) is 0 Å². The van der Waals surface area contributed by atoms with Gasteiger partial charge in [-0.15, -0.1) is 0 Å². The van der Waals surface area contributed by atoms with Gasteiger partial charge in [0, 0.05) is 13.0 Å². The molecule has 156 valence electrons. The minimum absolute atomic E-state index is 0.0432. The van der Waals surface area contributed by atoms with E-state index < -0.39 is 5.97 Å². The molecule has 1 aromatic heterocycles. The maximum atomic E-state index is 12.5. The van der Waals surface area contributed by atoms with E-state index in [1.165, 1.54) is 5.56 Å². The van der Waals surface area contributed by atoms with Gasteiger partial charge in [0.25, 0.3) is 5.56 Å². The number of benzene rings is 2. The molecular weight excluding hydrogens is 380 g/mol. The summed E-state index contributed by atoms with van der Waals surface area (Å²) in [7, 11) is 0. The van der Waals surface area contributed by atoms with Crippen LogP contribution in [0.4, 0.5) is 0 Å². The summed E-state index contributed by atoms with van der Waals surface area (Å²) in [6.45, 7) is 7.59. The van der Waals surface area contributed by atoms with E-state index in [2.05, 4.69) is 25.8 Å². The van der Waals surface area contributed by atoms with E-state index in [0.29, 0.717) is 23.0 Å². The molecule has 30 heavy (non-hydrogen) atoms. The van der Waals surface area contributed by atoms with Crippen molar-refractivity contribution in [3.8, 4) is 5.75 Å². The van der Waals surface area contributed by atoms with Crippen molar-refractivity contribution in [1.82, 2.24) is 9.55 Å². The molecule has 0 saturated carbocycles. The van der Waals surface area contributed by atoms with Crippen LogP contribution in [0.15, 0.2) is 47.3 Å². The van der Waals surface area contributed by atoms with Gasteiger partial charge in [-0.05, 0) is 47.7 Å². The van der Waals surface area contributed by atoms with Crippen LogP contribution < -0.4 is 10.3 Å². The number of carbonyl (C=O) groups excluding carboxylic acids is 1. The summed E-state index contributed by atoms with van der Waals surface area (Å²) in [6, 6.07) is 12.8. The van der Waals surface area contributed by atoms with Crippen molar-refractivity contribution in [2.45, 2.75) is 45.6 Å². The van der Waals surface area contributed by atoms with Crippen molar-refractivity contribution < 1.29 is 14.3 Å². The SMILES string of the molecule is CC(C)(C)c1ccc(OCCOC(=O)c2ccc3c(=O)n4c(nc3c2)CCC4)cc1. The lowest BCUT2D eigenvalue weighted by atomic mass is 9.87. The van der Waals surface area contributed by atoms with Gasteiger partial charge in [0.1, 0.15) is 24.8 Å². The van der Waals surface area contributed by atoms with Crippen LogP contribution in [0.1, 0.15) is 48.9 Å². The number of hydrogen-bond acceptors (Lipinski definition) is 5. The standard InChI is InChI=1S/C24H26N2O4/c1-24(2,3)17-7-9-18(10-8-17)29-13-14-30-23(28)16-6-11-19-20(15-16)25-21-5-4-12-26(21)22(19)27/h6-11,15H,4-5,12-14H2,1-3H3. The maximum absolute atomic E-state index is 12.5. The second kappa shape index (κ2) is 7.94. The minimum atomic E-state index is -0.453. The van der Waals surface area contributed by atoms with Gasteiger partial charge < -0.3 is 9.47 Å². The second-order valence-electron chi connectivity index (χ2n) is 8.58. The fraction of sp³-hybridized carbons (Fsp3) is 0.375. The Morgan fingerprint density at radius 1 is 1.10 bits per heavy atom. The van der Waals surface area contributed by atoms with Gasteiger partial charge in [-0.3, -0.25) is 9.36 Å². The van der Waals surface area contributed by atoms with E-state index in [0.717, 1.165) is 24.4 Å². The predicted molar refractivity (Wildman–Crippen MR) is 115 cm³/mol. The molecule has 0 N–H and O–H groups in total. The van der Waals surface area contributed by atoms with Crippen LogP contribution in [0.5, 0.6) is 5.75 Å². The zero-order valence-corrected chi connectivity index (χ0v) is 17.6. The Hall–Kier alpha value is -3.15. The molecule has 0 aliphatic carbocycles. The summed E-state index contributed by atoms with van der Waals surface area (Å²) in [5.41, 5.74) is 2.20. The number of fused-ring (bicyclic) bond motifs is 2. The number of rotatable bonds is 5. The molecule has 0 spiro atoms. The van der Waals surface area contributed by atoms with Crippen molar-refractivity contribution >= 4 is 16.9 Å². The van der Waals surface area contributed by atoms with Crippen LogP contribution in [-0.2, 0) is 23.1 Å². The Morgan fingerprint density at radius 3 is 2.60 bits per heavy atom. The Bertz CT molecular complexity index is 1140. The monoisotopic (exact) mass is 406 g/mol. The molecule has 3 aromatic rings. The molecule has 0 amide bonds. The van der Waals surface area contributed by atoms with Crippen LogP contribution in [-0.4, -0.2) is 28.7 Å². The predicted octanol–water partition coefficient (Wildman–Crippen LogP) is 3.88. The molecule has 1 aliphatic heterocycles. The van der Waals surface area contributed by atoms with E-state index >= 15 is 0 Å². The summed E-state index contributed by atoms with van der Waals surface area (Å²) in [4.78, 5) is 29.4. The second-order valence-corrected chi connectivity index (χ2v) is 8.58. The zero-order valence-electron chi connectivity index (χ0n) is 17.6. The number of hydrogen-bond donors (Lipinski definition) is 0. The fourth-order valence-electron chi connectivity index (χ4n) is 3.64. The molecule has 0 fully saturated rings. The number of aryl methyl sites for hydroxylation is 1. The quantitative estimate of drug-likeness (QED) is 0.475. The maximum Gasteiger partial charge on any atom is 0.338 e. The molecule has 0 atom stereocenters. The molecular formula is C24H26N2O4. The first-order chi connectivity index (χ1) is 14.3. The molecule has 0 radical (unpaired) electrons. The molecule has 2 heterocycles. The van der Waals surface area contributed by atoms with Crippen molar-refractivity contribution in [1.29, 1.82) is 0 Å². The highest BCUT2D eigenvalue weighted by Crippen LogP contribution is 2.24. The lowest BCUT2D eigenvalue weighted by Gasteiger charge is -2.19. The van der Waals surface area contributed by atoms with Crippen molar-refractivity contribution in [3.05, 3.63) is 69.8 Å². The van der Waals surface area contributed by atoms with Gasteiger partial charge in [-0.25, -0.2) is 9.78 Å². The van der Waals surface area contributed by atoms with Crippen molar-refractivity contribution in [2.24, 2.45) is 0 Å². The summed E-state index contributed by atoms with van der Waals surface area (Å²) in [6.07, 6.45) is 1.71. The first-order valence-corrected chi connectivity index (χ1v) is 10.3. The third-order valence-corrected chi connectivity index (χ3v) is 5.36. The summed E-state index contributed by atoms with van der Waals surface area (Å²) >= 11 is 0. The van der Waals surface area contributed by atoms with Gasteiger partial charge in [0.15, 0.2) is 0 Å². The van der Waals surface area contributed by atoms with Gasteiger partial charge in [-0.2, -0.15) is 0 Å². The minimum Gasteiger partial charge on any atom is -0.490 e. The molecule has 4 rings (SSSR count). The highest BCUT2D eigenvalue weighted by atomic mass is 16.6. The molecule has 1 aliphatic rings. The number of aromatic nitrogens is 2. The highest BCUT2D eigenvalue weighted by Gasteiger charge is 2.17. The molecule has 0 unspecified atom stereocenters. The number of ether oxygens (including phenoxy) is 2. The van der Waals surface area contributed by atoms with Crippen LogP contribution in [0.3, 0.4) is 0 Å². The third-order valence-electron chi connectivity index (χ3n) is 5.36. The van der Waals surface area contributed by atoms with Gasteiger partial charge in [-0.1, -0.05) is 32.9 Å². The first-order valence-electron chi connectivity index (χ1n) is 10.3. The summed E-state index contributed by atoms with van der Waals surface area (Å²) in [5, 5.41) is 0.527. The number of nitrogens with zero attached hydrogens (tertiary/aromatic N) is 2. The lowest BCUT2D eigenvalue weighted by molar-refractivity contribution is 0.0450. The molecule has 6 heteroatoms. The van der Waals surface area contributed by atoms with E-state index in [-0.39, 0.29) is 24.2 Å². The van der Waals surface area contributed by atoms with Crippen molar-refractivity contribution in [2.75, 3.05) is 13.2 Å². The molecule has 6 nitrogen and oxygen atoms in total. The van der Waals surface area contributed by atoms with E-state index in [1.807, 2.05) is 24.3 Å². The number of esters is 1. The molecule has 0 saturated heterocycles. The summed E-state index contributed by atoms with van der Waals surface area (Å²) in [5.74, 6) is 1.07. The average molecular weight is 406 g/mol. The van der Waals surface area contributed by atoms with E-state index in [9.17, 15) is 9.59 Å². The smallest absolute Gasteiger partial charge is 0.338 e.